The monoisotopic (exact) mass is 456 g/mol. The van der Waals surface area contributed by atoms with Crippen LogP contribution in [0.25, 0.3) is 5.57 Å². The molecule has 0 atom stereocenters. The highest BCUT2D eigenvalue weighted by molar-refractivity contribution is 6.47. The van der Waals surface area contributed by atoms with Gasteiger partial charge < -0.3 is 14.4 Å². The molecule has 0 saturated heterocycles. The Bertz CT molecular complexity index is 1230. The van der Waals surface area contributed by atoms with Gasteiger partial charge >= 0.3 is 0 Å². The topological polar surface area (TPSA) is 59.1 Å². The van der Waals surface area contributed by atoms with Gasteiger partial charge in [0.05, 0.1) is 24.5 Å². The van der Waals surface area contributed by atoms with Gasteiger partial charge in [0.25, 0.3) is 11.8 Å². The third-order valence-corrected chi connectivity index (χ3v) is 5.56. The first-order chi connectivity index (χ1) is 16.5. The summed E-state index contributed by atoms with van der Waals surface area (Å²) in [6.07, 6.45) is -0.119. The summed E-state index contributed by atoms with van der Waals surface area (Å²) in [6.45, 7) is 6.26. The first kappa shape index (κ1) is 23.1. The van der Waals surface area contributed by atoms with E-state index < -0.39 is 11.8 Å². The molecule has 34 heavy (non-hydrogen) atoms. The number of rotatable bonds is 8. The van der Waals surface area contributed by atoms with Crippen molar-refractivity contribution in [2.45, 2.75) is 26.9 Å². The molecule has 0 bridgehead atoms. The van der Waals surface area contributed by atoms with Gasteiger partial charge in [0.15, 0.2) is 0 Å². The summed E-state index contributed by atoms with van der Waals surface area (Å²) in [5.74, 6) is 0.173. The molecule has 0 aliphatic carbocycles. The van der Waals surface area contributed by atoms with E-state index in [-0.39, 0.29) is 6.10 Å². The molecule has 6 nitrogen and oxygen atoms in total. The average Bonchev–Trinajstić information content (AvgIpc) is 3.10. The van der Waals surface area contributed by atoms with Gasteiger partial charge in [-0.3, -0.25) is 9.59 Å². The van der Waals surface area contributed by atoms with Crippen molar-refractivity contribution in [1.29, 1.82) is 0 Å². The predicted octanol–water partition coefficient (Wildman–Crippen LogP) is 5.29. The van der Waals surface area contributed by atoms with Crippen molar-refractivity contribution < 1.29 is 19.1 Å². The number of imide groups is 1. The number of hydrogen-bond acceptors (Lipinski definition) is 5. The Morgan fingerprint density at radius 2 is 1.44 bits per heavy atom. The van der Waals surface area contributed by atoms with Crippen LogP contribution in [0.5, 0.6) is 11.5 Å². The number of hydrogen-bond donors (Lipinski definition) is 0. The molecule has 0 fully saturated rings. The minimum Gasteiger partial charge on any atom is -0.496 e. The molecular weight excluding hydrogens is 428 g/mol. The second kappa shape index (κ2) is 9.83. The molecule has 0 radical (unpaired) electrons. The number of benzene rings is 3. The molecule has 0 aromatic heterocycles. The fourth-order valence-corrected chi connectivity index (χ4v) is 4.15. The van der Waals surface area contributed by atoms with Gasteiger partial charge in [-0.25, -0.2) is 4.90 Å². The van der Waals surface area contributed by atoms with E-state index in [9.17, 15) is 9.59 Å². The molecule has 6 heteroatoms. The summed E-state index contributed by atoms with van der Waals surface area (Å²) in [5, 5.41) is 0. The maximum absolute atomic E-state index is 14.0. The third-order valence-electron chi connectivity index (χ3n) is 5.56. The Hall–Kier alpha value is -4.06. The van der Waals surface area contributed by atoms with Crippen molar-refractivity contribution in [3.8, 4) is 11.5 Å². The van der Waals surface area contributed by atoms with Crippen molar-refractivity contribution in [2.75, 3.05) is 23.5 Å². The lowest BCUT2D eigenvalue weighted by atomic mass is 10.0. The van der Waals surface area contributed by atoms with E-state index in [1.807, 2.05) is 74.2 Å². The van der Waals surface area contributed by atoms with Gasteiger partial charge in [0, 0.05) is 17.8 Å². The molecule has 1 heterocycles. The van der Waals surface area contributed by atoms with Gasteiger partial charge in [0.2, 0.25) is 0 Å². The molecule has 1 aliphatic heterocycles. The van der Waals surface area contributed by atoms with Crippen molar-refractivity contribution >= 4 is 28.8 Å². The lowest BCUT2D eigenvalue weighted by Gasteiger charge is -2.25. The molecule has 2 amide bonds. The number of nitrogens with zero attached hydrogens (tertiary/aromatic N) is 2. The summed E-state index contributed by atoms with van der Waals surface area (Å²) < 4.78 is 11.5. The van der Waals surface area contributed by atoms with Crippen molar-refractivity contribution in [3.05, 3.63) is 90.1 Å². The SMILES string of the molecule is CCN(C1=C(c2ccccc2OC)C(=O)N(c2ccccc2OC(C)C)C1=O)c1ccccc1. The number of methoxy groups -OCH3 is 1. The predicted molar refractivity (Wildman–Crippen MR) is 134 cm³/mol. The van der Waals surface area contributed by atoms with Gasteiger partial charge in [-0.15, -0.1) is 0 Å². The van der Waals surface area contributed by atoms with Crippen molar-refractivity contribution in [3.63, 3.8) is 0 Å². The molecular formula is C28H28N2O4. The molecule has 0 N–H and O–H groups in total. The van der Waals surface area contributed by atoms with Crippen LogP contribution in [-0.4, -0.2) is 31.6 Å². The molecule has 0 unspecified atom stereocenters. The number of likely N-dealkylation sites (N-methyl/N-ethyl adjacent to an activating group) is 1. The molecule has 174 valence electrons. The highest BCUT2D eigenvalue weighted by atomic mass is 16.5. The van der Waals surface area contributed by atoms with Gasteiger partial charge in [0.1, 0.15) is 17.2 Å². The molecule has 0 saturated carbocycles. The van der Waals surface area contributed by atoms with Crippen LogP contribution in [0.15, 0.2) is 84.6 Å². The van der Waals surface area contributed by atoms with Gasteiger partial charge in [-0.2, -0.15) is 0 Å². The number of amides is 2. The van der Waals surface area contributed by atoms with Crippen LogP contribution in [0.3, 0.4) is 0 Å². The summed E-state index contributed by atoms with van der Waals surface area (Å²) in [5.41, 5.74) is 2.41. The normalized spacial score (nSPS) is 13.6. The first-order valence-corrected chi connectivity index (χ1v) is 11.3. The van der Waals surface area contributed by atoms with Crippen molar-refractivity contribution in [2.24, 2.45) is 0 Å². The van der Waals surface area contributed by atoms with E-state index in [0.717, 1.165) is 5.69 Å². The number of anilines is 2. The lowest BCUT2D eigenvalue weighted by molar-refractivity contribution is -0.120. The summed E-state index contributed by atoms with van der Waals surface area (Å²) >= 11 is 0. The number of ether oxygens (including phenoxy) is 2. The maximum atomic E-state index is 14.0. The van der Waals surface area contributed by atoms with Crippen LogP contribution >= 0.6 is 0 Å². The fourth-order valence-electron chi connectivity index (χ4n) is 4.15. The third kappa shape index (κ3) is 4.15. The van der Waals surface area contributed by atoms with Crippen LogP contribution in [0.4, 0.5) is 11.4 Å². The standard InChI is InChI=1S/C28H28N2O4/c1-5-29(20-13-7-6-8-14-20)26-25(21-15-9-11-17-23(21)33-4)27(31)30(28(26)32)22-16-10-12-18-24(22)34-19(2)3/h6-19H,5H2,1-4H3. The van der Waals surface area contributed by atoms with Crippen LogP contribution < -0.4 is 19.3 Å². The van der Waals surface area contributed by atoms with Gasteiger partial charge in [-0.05, 0) is 51.1 Å². The zero-order valence-corrected chi connectivity index (χ0v) is 19.8. The highest BCUT2D eigenvalue weighted by Gasteiger charge is 2.44. The largest absolute Gasteiger partial charge is 0.496 e. The highest BCUT2D eigenvalue weighted by Crippen LogP contribution is 2.42. The Balaban J connectivity index is 1.94. The Morgan fingerprint density at radius 1 is 0.824 bits per heavy atom. The summed E-state index contributed by atoms with van der Waals surface area (Å²) in [7, 11) is 1.55. The summed E-state index contributed by atoms with van der Waals surface area (Å²) in [6, 6.07) is 24.0. The molecule has 4 rings (SSSR count). The van der Waals surface area contributed by atoms with Crippen LogP contribution in [0, 0.1) is 0 Å². The fraction of sp³-hybridized carbons (Fsp3) is 0.214. The van der Waals surface area contributed by atoms with E-state index in [1.165, 1.54) is 4.90 Å². The first-order valence-electron chi connectivity index (χ1n) is 11.3. The van der Waals surface area contributed by atoms with E-state index in [0.29, 0.717) is 40.6 Å². The quantitative estimate of drug-likeness (QED) is 0.431. The summed E-state index contributed by atoms with van der Waals surface area (Å²) in [4.78, 5) is 31.1. The number of carbonyl (C=O) groups is 2. The average molecular weight is 457 g/mol. The minimum absolute atomic E-state index is 0.119. The number of para-hydroxylation sites is 4. The Morgan fingerprint density at radius 3 is 2.09 bits per heavy atom. The van der Waals surface area contributed by atoms with E-state index in [1.54, 1.807) is 37.4 Å². The van der Waals surface area contributed by atoms with E-state index in [4.69, 9.17) is 9.47 Å². The minimum atomic E-state index is -0.418. The Labute approximate surface area is 200 Å². The zero-order valence-electron chi connectivity index (χ0n) is 19.8. The Kier molecular flexibility index (Phi) is 6.68. The molecule has 3 aromatic rings. The maximum Gasteiger partial charge on any atom is 0.282 e. The van der Waals surface area contributed by atoms with Crippen LogP contribution in [0.1, 0.15) is 26.3 Å². The zero-order chi connectivity index (χ0) is 24.2. The molecule has 0 spiro atoms. The van der Waals surface area contributed by atoms with Crippen LogP contribution in [0.2, 0.25) is 0 Å². The second-order valence-electron chi connectivity index (χ2n) is 8.08. The second-order valence-corrected chi connectivity index (χ2v) is 8.08. The van der Waals surface area contributed by atoms with Crippen molar-refractivity contribution in [1.82, 2.24) is 0 Å². The molecule has 1 aliphatic rings. The number of carbonyl (C=O) groups excluding carboxylic acids is 2. The van der Waals surface area contributed by atoms with Gasteiger partial charge in [-0.1, -0.05) is 48.5 Å². The molecule has 3 aromatic carbocycles. The van der Waals surface area contributed by atoms with E-state index in [2.05, 4.69) is 0 Å². The van der Waals surface area contributed by atoms with E-state index >= 15 is 0 Å². The lowest BCUT2D eigenvalue weighted by Crippen LogP contribution is -2.35. The smallest absolute Gasteiger partial charge is 0.282 e. The van der Waals surface area contributed by atoms with Crippen LogP contribution in [-0.2, 0) is 9.59 Å².